The lowest BCUT2D eigenvalue weighted by atomic mass is 9.79. The van der Waals surface area contributed by atoms with E-state index in [0.29, 0.717) is 5.92 Å². The Kier molecular flexibility index (Phi) is 1.89. The molecule has 0 spiro atoms. The lowest BCUT2D eigenvalue weighted by Crippen LogP contribution is -2.27. The third-order valence-electron chi connectivity index (χ3n) is 2.72. The van der Waals surface area contributed by atoms with E-state index in [1.54, 1.807) is 0 Å². The number of aryl methyl sites for hydroxylation is 1. The number of aromatic nitrogens is 2. The molecular weight excluding hydrogens is 150 g/mol. The van der Waals surface area contributed by atoms with Gasteiger partial charge in [-0.1, -0.05) is 6.42 Å². The summed E-state index contributed by atoms with van der Waals surface area (Å²) in [6.45, 7) is 0. The summed E-state index contributed by atoms with van der Waals surface area (Å²) in [6, 6.07) is 0.167. The number of hydrogen-bond acceptors (Lipinski definition) is 2. The van der Waals surface area contributed by atoms with Gasteiger partial charge in [-0.15, -0.1) is 0 Å². The molecule has 1 aromatic heterocycles. The first-order valence-electron chi connectivity index (χ1n) is 4.51. The molecule has 1 saturated carbocycles. The van der Waals surface area contributed by atoms with E-state index in [2.05, 4.69) is 4.98 Å². The fourth-order valence-corrected chi connectivity index (χ4v) is 1.65. The van der Waals surface area contributed by atoms with Crippen molar-refractivity contribution < 1.29 is 0 Å². The van der Waals surface area contributed by atoms with Gasteiger partial charge in [0.1, 0.15) is 0 Å². The normalized spacial score (nSPS) is 20.5. The van der Waals surface area contributed by atoms with Crippen molar-refractivity contribution >= 4 is 0 Å². The Balaban J connectivity index is 2.08. The molecular formula is C9H15N3. The fraction of sp³-hybridized carbons (Fsp3) is 0.667. The number of hydrogen-bond donors (Lipinski definition) is 1. The van der Waals surface area contributed by atoms with Crippen molar-refractivity contribution in [3.05, 3.63) is 18.2 Å². The van der Waals surface area contributed by atoms with E-state index in [9.17, 15) is 0 Å². The molecule has 0 bridgehead atoms. The van der Waals surface area contributed by atoms with E-state index >= 15 is 0 Å². The third kappa shape index (κ3) is 1.25. The minimum atomic E-state index is 0.167. The summed E-state index contributed by atoms with van der Waals surface area (Å²) in [6.07, 6.45) is 7.72. The molecule has 0 aliphatic heterocycles. The van der Waals surface area contributed by atoms with Crippen LogP contribution in [0.4, 0.5) is 0 Å². The van der Waals surface area contributed by atoms with Crippen molar-refractivity contribution in [1.82, 2.24) is 9.55 Å². The van der Waals surface area contributed by atoms with Crippen LogP contribution in [0, 0.1) is 5.92 Å². The molecule has 1 unspecified atom stereocenters. The molecule has 1 aliphatic carbocycles. The Labute approximate surface area is 72.6 Å². The summed E-state index contributed by atoms with van der Waals surface area (Å²) in [5, 5.41) is 0. The van der Waals surface area contributed by atoms with E-state index in [-0.39, 0.29) is 6.04 Å². The quantitative estimate of drug-likeness (QED) is 0.716. The van der Waals surface area contributed by atoms with Gasteiger partial charge in [-0.3, -0.25) is 0 Å². The first kappa shape index (κ1) is 7.80. The highest BCUT2D eigenvalue weighted by Gasteiger charge is 2.26. The minimum absolute atomic E-state index is 0.167. The van der Waals surface area contributed by atoms with Gasteiger partial charge < -0.3 is 10.3 Å². The van der Waals surface area contributed by atoms with Crippen molar-refractivity contribution in [2.24, 2.45) is 18.7 Å². The van der Waals surface area contributed by atoms with Gasteiger partial charge in [0.25, 0.3) is 0 Å². The van der Waals surface area contributed by atoms with Gasteiger partial charge in [0, 0.05) is 13.2 Å². The van der Waals surface area contributed by atoms with E-state index in [4.69, 9.17) is 5.73 Å². The predicted molar refractivity (Wildman–Crippen MR) is 47.5 cm³/mol. The van der Waals surface area contributed by atoms with Gasteiger partial charge in [0.05, 0.1) is 18.1 Å². The maximum Gasteiger partial charge on any atom is 0.0947 e. The van der Waals surface area contributed by atoms with Crippen LogP contribution in [-0.4, -0.2) is 9.55 Å². The summed E-state index contributed by atoms with van der Waals surface area (Å²) in [5.41, 5.74) is 7.08. The Morgan fingerprint density at radius 2 is 2.42 bits per heavy atom. The second-order valence-corrected chi connectivity index (χ2v) is 3.68. The van der Waals surface area contributed by atoms with Crippen molar-refractivity contribution in [2.75, 3.05) is 0 Å². The molecule has 0 saturated heterocycles. The van der Waals surface area contributed by atoms with Crippen molar-refractivity contribution in [1.29, 1.82) is 0 Å². The topological polar surface area (TPSA) is 43.8 Å². The number of rotatable bonds is 2. The van der Waals surface area contributed by atoms with Crippen LogP contribution in [0.3, 0.4) is 0 Å². The average molecular weight is 165 g/mol. The van der Waals surface area contributed by atoms with Crippen LogP contribution in [0.5, 0.6) is 0 Å². The van der Waals surface area contributed by atoms with Gasteiger partial charge in [0.15, 0.2) is 0 Å². The number of nitrogens with two attached hydrogens (primary N) is 1. The molecule has 3 heteroatoms. The summed E-state index contributed by atoms with van der Waals surface area (Å²) in [4.78, 5) is 4.26. The lowest BCUT2D eigenvalue weighted by molar-refractivity contribution is 0.261. The monoisotopic (exact) mass is 165 g/mol. The molecule has 1 aromatic rings. The zero-order valence-corrected chi connectivity index (χ0v) is 7.40. The van der Waals surface area contributed by atoms with Crippen LogP contribution in [0.25, 0.3) is 0 Å². The predicted octanol–water partition coefficient (Wildman–Crippen LogP) is 1.22. The summed E-state index contributed by atoms with van der Waals surface area (Å²) < 4.78 is 1.95. The Morgan fingerprint density at radius 3 is 2.83 bits per heavy atom. The standard InChI is InChI=1S/C9H15N3/c1-12-5-8(11-6-12)9(10)7-3-2-4-7/h5-7,9H,2-4,10H2,1H3. The van der Waals surface area contributed by atoms with Crippen LogP contribution in [0.15, 0.2) is 12.5 Å². The number of imidazole rings is 1. The smallest absolute Gasteiger partial charge is 0.0947 e. The highest BCUT2D eigenvalue weighted by Crippen LogP contribution is 2.35. The van der Waals surface area contributed by atoms with Crippen molar-refractivity contribution in [3.63, 3.8) is 0 Å². The molecule has 1 heterocycles. The second-order valence-electron chi connectivity index (χ2n) is 3.68. The Morgan fingerprint density at radius 1 is 1.67 bits per heavy atom. The molecule has 12 heavy (non-hydrogen) atoms. The maximum atomic E-state index is 6.04. The van der Waals surface area contributed by atoms with Gasteiger partial charge in [-0.2, -0.15) is 0 Å². The molecule has 2 N–H and O–H groups in total. The van der Waals surface area contributed by atoms with E-state index in [1.165, 1.54) is 19.3 Å². The molecule has 2 rings (SSSR count). The molecule has 66 valence electrons. The average Bonchev–Trinajstić information content (AvgIpc) is 2.31. The van der Waals surface area contributed by atoms with Crippen LogP contribution in [-0.2, 0) is 7.05 Å². The zero-order valence-electron chi connectivity index (χ0n) is 7.40. The van der Waals surface area contributed by atoms with Crippen LogP contribution < -0.4 is 5.73 Å². The van der Waals surface area contributed by atoms with Gasteiger partial charge in [-0.05, 0) is 18.8 Å². The first-order chi connectivity index (χ1) is 5.77. The Hall–Kier alpha value is -0.830. The van der Waals surface area contributed by atoms with Crippen molar-refractivity contribution in [3.8, 4) is 0 Å². The molecule has 1 atom stereocenters. The van der Waals surface area contributed by atoms with Gasteiger partial charge in [-0.25, -0.2) is 4.98 Å². The lowest BCUT2D eigenvalue weighted by Gasteiger charge is -2.30. The molecule has 1 aliphatic rings. The van der Waals surface area contributed by atoms with Crippen LogP contribution >= 0.6 is 0 Å². The second kappa shape index (κ2) is 2.90. The SMILES string of the molecule is Cn1cnc(C(N)C2CCC2)c1. The zero-order chi connectivity index (χ0) is 8.55. The Bertz CT molecular complexity index is 262. The largest absolute Gasteiger partial charge is 0.340 e. The van der Waals surface area contributed by atoms with E-state index in [0.717, 1.165) is 5.69 Å². The molecule has 1 fully saturated rings. The third-order valence-corrected chi connectivity index (χ3v) is 2.72. The van der Waals surface area contributed by atoms with Crippen molar-refractivity contribution in [2.45, 2.75) is 25.3 Å². The van der Waals surface area contributed by atoms with E-state index in [1.807, 2.05) is 24.1 Å². The van der Waals surface area contributed by atoms with Crippen LogP contribution in [0.2, 0.25) is 0 Å². The summed E-state index contributed by atoms with van der Waals surface area (Å²) in [5.74, 6) is 0.680. The molecule has 0 amide bonds. The molecule has 0 radical (unpaired) electrons. The van der Waals surface area contributed by atoms with E-state index < -0.39 is 0 Å². The minimum Gasteiger partial charge on any atom is -0.340 e. The summed E-state index contributed by atoms with van der Waals surface area (Å²) in [7, 11) is 1.98. The molecule has 0 aromatic carbocycles. The fourth-order valence-electron chi connectivity index (χ4n) is 1.65. The first-order valence-corrected chi connectivity index (χ1v) is 4.51. The van der Waals surface area contributed by atoms with Gasteiger partial charge >= 0.3 is 0 Å². The molecule has 3 nitrogen and oxygen atoms in total. The highest BCUT2D eigenvalue weighted by atomic mass is 15.0. The maximum absolute atomic E-state index is 6.04. The van der Waals surface area contributed by atoms with Crippen LogP contribution in [0.1, 0.15) is 31.0 Å². The van der Waals surface area contributed by atoms with Gasteiger partial charge in [0.2, 0.25) is 0 Å². The number of nitrogens with zero attached hydrogens (tertiary/aromatic N) is 2. The summed E-state index contributed by atoms with van der Waals surface area (Å²) >= 11 is 0. The highest BCUT2D eigenvalue weighted by molar-refractivity contribution is 5.05.